The van der Waals surface area contributed by atoms with Crippen LogP contribution in [-0.2, 0) is 0 Å². The van der Waals surface area contributed by atoms with Crippen molar-refractivity contribution in [2.24, 2.45) is 11.8 Å². The summed E-state index contributed by atoms with van der Waals surface area (Å²) in [4.78, 5) is 0. The summed E-state index contributed by atoms with van der Waals surface area (Å²) in [6.07, 6.45) is 13.4. The maximum Gasteiger partial charge on any atom is 0.0431 e. The molecule has 0 aliphatic heterocycles. The van der Waals surface area contributed by atoms with Crippen molar-refractivity contribution in [3.63, 3.8) is 0 Å². The van der Waals surface area contributed by atoms with Crippen LogP contribution in [0.25, 0.3) is 0 Å². The van der Waals surface area contributed by atoms with Gasteiger partial charge in [-0.05, 0) is 31.1 Å². The minimum Gasteiger partial charge on any atom is -0.396 e. The average Bonchev–Trinajstić information content (AvgIpc) is 2.30. The second-order valence-electron chi connectivity index (χ2n) is 5.08. The van der Waals surface area contributed by atoms with E-state index in [4.69, 9.17) is 10.2 Å². The lowest BCUT2D eigenvalue weighted by molar-refractivity contribution is 0.261. The molecule has 2 atom stereocenters. The highest BCUT2D eigenvalue weighted by Crippen LogP contribution is 2.33. The maximum absolute atomic E-state index is 8.76. The summed E-state index contributed by atoms with van der Waals surface area (Å²) in [5, 5.41) is 17.5. The van der Waals surface area contributed by atoms with E-state index in [0.717, 1.165) is 24.7 Å². The summed E-state index contributed by atoms with van der Waals surface area (Å²) in [5.41, 5.74) is 0. The SMILES string of the molecule is OCCCCC1[CH]C(CCCCO)CCC1. The second kappa shape index (κ2) is 9.00. The Labute approximate surface area is 100 Å². The lowest BCUT2D eigenvalue weighted by Gasteiger charge is -2.28. The topological polar surface area (TPSA) is 40.5 Å². The average molecular weight is 227 g/mol. The molecule has 2 nitrogen and oxygen atoms in total. The Kier molecular flexibility index (Phi) is 7.87. The zero-order valence-electron chi connectivity index (χ0n) is 10.4. The monoisotopic (exact) mass is 227 g/mol. The van der Waals surface area contributed by atoms with Crippen molar-refractivity contribution in [1.82, 2.24) is 0 Å². The van der Waals surface area contributed by atoms with Crippen LogP contribution in [-0.4, -0.2) is 23.4 Å². The van der Waals surface area contributed by atoms with Gasteiger partial charge in [0.15, 0.2) is 0 Å². The minimum atomic E-state index is 0.340. The molecule has 0 heterocycles. The molecule has 1 radical (unpaired) electrons. The third-order valence-corrected chi connectivity index (χ3v) is 3.66. The van der Waals surface area contributed by atoms with Crippen molar-refractivity contribution in [2.75, 3.05) is 13.2 Å². The lowest BCUT2D eigenvalue weighted by atomic mass is 9.77. The molecule has 0 spiro atoms. The van der Waals surface area contributed by atoms with Crippen molar-refractivity contribution in [3.05, 3.63) is 6.42 Å². The molecule has 0 amide bonds. The molecule has 1 aliphatic carbocycles. The Balaban J connectivity index is 2.09. The van der Waals surface area contributed by atoms with Crippen molar-refractivity contribution < 1.29 is 10.2 Å². The normalized spacial score (nSPS) is 25.9. The van der Waals surface area contributed by atoms with Gasteiger partial charge in [-0.3, -0.25) is 0 Å². The first-order valence-electron chi connectivity index (χ1n) is 6.93. The van der Waals surface area contributed by atoms with Crippen molar-refractivity contribution >= 4 is 0 Å². The fourth-order valence-electron chi connectivity index (χ4n) is 2.74. The third kappa shape index (κ3) is 5.86. The Morgan fingerprint density at radius 2 is 1.31 bits per heavy atom. The van der Waals surface area contributed by atoms with Gasteiger partial charge in [-0.25, -0.2) is 0 Å². The van der Waals surface area contributed by atoms with Gasteiger partial charge in [-0.15, -0.1) is 0 Å². The Hall–Kier alpha value is -0.0800. The summed E-state index contributed by atoms with van der Waals surface area (Å²) in [6.45, 7) is 0.680. The molecule has 0 aromatic heterocycles. The van der Waals surface area contributed by atoms with Gasteiger partial charge in [0.05, 0.1) is 0 Å². The van der Waals surface area contributed by atoms with Gasteiger partial charge in [0.1, 0.15) is 0 Å². The summed E-state index contributed by atoms with van der Waals surface area (Å²) < 4.78 is 0. The van der Waals surface area contributed by atoms with Gasteiger partial charge >= 0.3 is 0 Å². The summed E-state index contributed by atoms with van der Waals surface area (Å²) in [6, 6.07) is 0. The quantitative estimate of drug-likeness (QED) is 0.626. The van der Waals surface area contributed by atoms with E-state index in [2.05, 4.69) is 6.42 Å². The Bertz CT molecular complexity index is 143. The van der Waals surface area contributed by atoms with Crippen LogP contribution in [0.5, 0.6) is 0 Å². The van der Waals surface area contributed by atoms with E-state index < -0.39 is 0 Å². The van der Waals surface area contributed by atoms with E-state index in [1.54, 1.807) is 0 Å². The molecule has 0 bridgehead atoms. The van der Waals surface area contributed by atoms with Gasteiger partial charge in [0.2, 0.25) is 0 Å². The largest absolute Gasteiger partial charge is 0.396 e. The van der Waals surface area contributed by atoms with Gasteiger partial charge in [0.25, 0.3) is 0 Å². The van der Waals surface area contributed by atoms with Crippen LogP contribution in [0.15, 0.2) is 0 Å². The molecule has 0 aromatic rings. The first kappa shape index (κ1) is 14.0. The molecule has 2 N–H and O–H groups in total. The van der Waals surface area contributed by atoms with E-state index in [1.165, 1.54) is 44.9 Å². The summed E-state index contributed by atoms with van der Waals surface area (Å²) in [5.74, 6) is 1.58. The van der Waals surface area contributed by atoms with Crippen LogP contribution < -0.4 is 0 Å². The van der Waals surface area contributed by atoms with Gasteiger partial charge in [0, 0.05) is 13.2 Å². The molecular formula is C14H27O2. The number of aliphatic hydroxyl groups excluding tert-OH is 2. The van der Waals surface area contributed by atoms with Crippen LogP contribution in [0.4, 0.5) is 0 Å². The van der Waals surface area contributed by atoms with Crippen LogP contribution in [0.2, 0.25) is 0 Å². The van der Waals surface area contributed by atoms with Gasteiger partial charge in [-0.1, -0.05) is 44.9 Å². The fourth-order valence-corrected chi connectivity index (χ4v) is 2.74. The molecule has 16 heavy (non-hydrogen) atoms. The molecule has 0 aromatic carbocycles. The lowest BCUT2D eigenvalue weighted by Crippen LogP contribution is -2.16. The zero-order chi connectivity index (χ0) is 11.6. The molecule has 1 rings (SSSR count). The van der Waals surface area contributed by atoms with E-state index in [9.17, 15) is 0 Å². The summed E-state index contributed by atoms with van der Waals surface area (Å²) >= 11 is 0. The fraction of sp³-hybridized carbons (Fsp3) is 0.929. The van der Waals surface area contributed by atoms with Crippen LogP contribution in [0, 0.1) is 18.3 Å². The Morgan fingerprint density at radius 3 is 1.75 bits per heavy atom. The number of unbranched alkanes of at least 4 members (excludes halogenated alkanes) is 2. The zero-order valence-corrected chi connectivity index (χ0v) is 10.4. The first-order valence-corrected chi connectivity index (χ1v) is 6.93. The molecule has 1 saturated carbocycles. The van der Waals surface area contributed by atoms with Crippen molar-refractivity contribution in [2.45, 2.75) is 57.8 Å². The van der Waals surface area contributed by atoms with Crippen LogP contribution >= 0.6 is 0 Å². The van der Waals surface area contributed by atoms with Gasteiger partial charge in [-0.2, -0.15) is 0 Å². The molecule has 2 heteroatoms. The molecule has 95 valence electrons. The van der Waals surface area contributed by atoms with Crippen molar-refractivity contribution in [3.8, 4) is 0 Å². The minimum absolute atomic E-state index is 0.340. The molecule has 2 unspecified atom stereocenters. The van der Waals surface area contributed by atoms with Crippen LogP contribution in [0.1, 0.15) is 57.8 Å². The smallest absolute Gasteiger partial charge is 0.0431 e. The number of aliphatic hydroxyl groups is 2. The maximum atomic E-state index is 8.76. The number of hydrogen-bond acceptors (Lipinski definition) is 2. The van der Waals surface area contributed by atoms with E-state index in [1.807, 2.05) is 0 Å². The summed E-state index contributed by atoms with van der Waals surface area (Å²) in [7, 11) is 0. The van der Waals surface area contributed by atoms with E-state index in [-0.39, 0.29) is 0 Å². The first-order chi connectivity index (χ1) is 7.86. The number of hydrogen-bond donors (Lipinski definition) is 2. The van der Waals surface area contributed by atoms with Crippen molar-refractivity contribution in [1.29, 1.82) is 0 Å². The highest BCUT2D eigenvalue weighted by atomic mass is 16.3. The molecule has 0 saturated heterocycles. The molecule has 1 aliphatic rings. The second-order valence-corrected chi connectivity index (χ2v) is 5.08. The molecular weight excluding hydrogens is 200 g/mol. The van der Waals surface area contributed by atoms with E-state index in [0.29, 0.717) is 13.2 Å². The highest BCUT2D eigenvalue weighted by Gasteiger charge is 2.21. The highest BCUT2D eigenvalue weighted by molar-refractivity contribution is 4.88. The molecule has 1 fully saturated rings. The standard InChI is InChI=1S/C14H27O2/c15-10-3-1-6-13-8-5-9-14(12-13)7-2-4-11-16/h12-16H,1-11H2. The van der Waals surface area contributed by atoms with E-state index >= 15 is 0 Å². The number of rotatable bonds is 8. The van der Waals surface area contributed by atoms with Crippen LogP contribution in [0.3, 0.4) is 0 Å². The Morgan fingerprint density at radius 1 is 0.812 bits per heavy atom. The van der Waals surface area contributed by atoms with Gasteiger partial charge < -0.3 is 10.2 Å². The third-order valence-electron chi connectivity index (χ3n) is 3.66. The predicted molar refractivity (Wildman–Crippen MR) is 67.0 cm³/mol. The predicted octanol–water partition coefficient (Wildman–Crippen LogP) is 2.93.